The first-order valence-electron chi connectivity index (χ1n) is 6.26. The van der Waals surface area contributed by atoms with Gasteiger partial charge < -0.3 is 10.0 Å². The fourth-order valence-electron chi connectivity index (χ4n) is 1.78. The van der Waals surface area contributed by atoms with Crippen molar-refractivity contribution in [2.75, 3.05) is 18.8 Å². The Morgan fingerprint density at radius 3 is 2.29 bits per heavy atom. The van der Waals surface area contributed by atoms with Crippen molar-refractivity contribution in [1.29, 1.82) is 0 Å². The number of benzene rings is 1. The molecule has 1 rings (SSSR count). The molecular weight excluding hydrogens is 301 g/mol. The summed E-state index contributed by atoms with van der Waals surface area (Å²) in [6.07, 6.45) is 0. The molecule has 116 valence electrons. The van der Waals surface area contributed by atoms with Crippen LogP contribution in [0.3, 0.4) is 0 Å². The van der Waals surface area contributed by atoms with Gasteiger partial charge in [0.25, 0.3) is 0 Å². The van der Waals surface area contributed by atoms with Crippen LogP contribution in [-0.2, 0) is 14.6 Å². The van der Waals surface area contributed by atoms with Crippen molar-refractivity contribution in [3.63, 3.8) is 0 Å². The maximum absolute atomic E-state index is 13.6. The minimum absolute atomic E-state index is 0.336. The molecule has 1 aromatic carbocycles. The van der Waals surface area contributed by atoms with Crippen LogP contribution in [-0.4, -0.2) is 49.1 Å². The lowest BCUT2D eigenvalue weighted by molar-refractivity contribution is -0.128. The van der Waals surface area contributed by atoms with Gasteiger partial charge in [0, 0.05) is 13.1 Å². The zero-order chi connectivity index (χ0) is 16.2. The zero-order valence-electron chi connectivity index (χ0n) is 11.7. The van der Waals surface area contributed by atoms with Gasteiger partial charge in [0.2, 0.25) is 5.91 Å². The summed E-state index contributed by atoms with van der Waals surface area (Å²) in [6, 6.07) is 2.45. The molecule has 0 aromatic heterocycles. The summed E-state index contributed by atoms with van der Waals surface area (Å²) in [5.74, 6) is -4.00. The van der Waals surface area contributed by atoms with Gasteiger partial charge in [0.1, 0.15) is 16.5 Å². The third-order valence-corrected chi connectivity index (χ3v) is 4.55. The average Bonchev–Trinajstić information content (AvgIpc) is 2.39. The standard InChI is InChI=1S/C13H16FNO5S/c1-3-15(4-2)12(16)8-21(19,20)11-7-9(13(17)18)5-6-10(11)14/h5-7H,3-4,8H2,1-2H3,(H,17,18). The number of carbonyl (C=O) groups is 2. The van der Waals surface area contributed by atoms with Crippen LogP contribution in [0.1, 0.15) is 24.2 Å². The molecule has 0 aliphatic rings. The zero-order valence-corrected chi connectivity index (χ0v) is 12.5. The molecule has 0 fully saturated rings. The molecule has 0 aliphatic carbocycles. The quantitative estimate of drug-likeness (QED) is 0.850. The van der Waals surface area contributed by atoms with Crippen LogP contribution in [0.25, 0.3) is 0 Å². The van der Waals surface area contributed by atoms with Gasteiger partial charge in [0.05, 0.1) is 5.56 Å². The van der Waals surface area contributed by atoms with E-state index in [2.05, 4.69) is 0 Å². The number of amides is 1. The van der Waals surface area contributed by atoms with Gasteiger partial charge in [-0.3, -0.25) is 4.79 Å². The number of hydrogen-bond donors (Lipinski definition) is 1. The normalized spacial score (nSPS) is 11.2. The first kappa shape index (κ1) is 17.1. The van der Waals surface area contributed by atoms with Gasteiger partial charge in [-0.2, -0.15) is 0 Å². The van der Waals surface area contributed by atoms with Crippen LogP contribution in [0, 0.1) is 5.82 Å². The van der Waals surface area contributed by atoms with Crippen molar-refractivity contribution in [2.45, 2.75) is 18.7 Å². The van der Waals surface area contributed by atoms with Gasteiger partial charge in [-0.15, -0.1) is 0 Å². The molecule has 0 bridgehead atoms. The van der Waals surface area contributed by atoms with Crippen LogP contribution >= 0.6 is 0 Å². The van der Waals surface area contributed by atoms with Crippen LogP contribution < -0.4 is 0 Å². The molecule has 0 unspecified atom stereocenters. The maximum atomic E-state index is 13.6. The van der Waals surface area contributed by atoms with Crippen molar-refractivity contribution in [3.05, 3.63) is 29.6 Å². The number of sulfone groups is 1. The first-order chi connectivity index (χ1) is 9.72. The van der Waals surface area contributed by atoms with E-state index in [1.165, 1.54) is 4.90 Å². The molecule has 0 heterocycles. The van der Waals surface area contributed by atoms with E-state index < -0.39 is 38.2 Å². The monoisotopic (exact) mass is 317 g/mol. The van der Waals surface area contributed by atoms with Gasteiger partial charge in [-0.25, -0.2) is 17.6 Å². The minimum atomic E-state index is -4.24. The number of hydrogen-bond acceptors (Lipinski definition) is 4. The molecule has 0 atom stereocenters. The Kier molecular flexibility index (Phi) is 5.42. The van der Waals surface area contributed by atoms with E-state index in [0.29, 0.717) is 13.1 Å². The second kappa shape index (κ2) is 6.66. The first-order valence-corrected chi connectivity index (χ1v) is 7.91. The Morgan fingerprint density at radius 2 is 1.81 bits per heavy atom. The van der Waals surface area contributed by atoms with Gasteiger partial charge >= 0.3 is 5.97 Å². The Balaban J connectivity index is 3.16. The Labute approximate surface area is 122 Å². The highest BCUT2D eigenvalue weighted by atomic mass is 32.2. The lowest BCUT2D eigenvalue weighted by Gasteiger charge is -2.18. The number of carbonyl (C=O) groups excluding carboxylic acids is 1. The molecular formula is C13H16FNO5S. The predicted octanol–water partition coefficient (Wildman–Crippen LogP) is 1.17. The number of carboxylic acids is 1. The maximum Gasteiger partial charge on any atom is 0.335 e. The third kappa shape index (κ3) is 4.01. The molecule has 6 nitrogen and oxygen atoms in total. The smallest absolute Gasteiger partial charge is 0.335 e. The lowest BCUT2D eigenvalue weighted by atomic mass is 10.2. The Bertz CT molecular complexity index is 653. The number of aromatic carboxylic acids is 1. The van der Waals surface area contributed by atoms with Crippen LogP contribution in [0.5, 0.6) is 0 Å². The second-order valence-corrected chi connectivity index (χ2v) is 6.23. The highest BCUT2D eigenvalue weighted by molar-refractivity contribution is 7.92. The van der Waals surface area contributed by atoms with E-state index in [0.717, 1.165) is 18.2 Å². The molecule has 1 aromatic rings. The molecule has 0 saturated heterocycles. The van der Waals surface area contributed by atoms with Crippen LogP contribution in [0.4, 0.5) is 4.39 Å². The summed E-state index contributed by atoms with van der Waals surface area (Å²) in [5.41, 5.74) is -0.356. The molecule has 1 amide bonds. The van der Waals surface area contributed by atoms with E-state index in [9.17, 15) is 22.4 Å². The largest absolute Gasteiger partial charge is 0.478 e. The SMILES string of the molecule is CCN(CC)C(=O)CS(=O)(=O)c1cc(C(=O)O)ccc1F. The fourth-order valence-corrected chi connectivity index (χ4v) is 3.12. The van der Waals surface area contributed by atoms with Crippen molar-refractivity contribution in [2.24, 2.45) is 0 Å². The molecule has 0 spiro atoms. The third-order valence-electron chi connectivity index (χ3n) is 2.94. The van der Waals surface area contributed by atoms with Gasteiger partial charge in [0.15, 0.2) is 9.84 Å². The lowest BCUT2D eigenvalue weighted by Crippen LogP contribution is -2.35. The van der Waals surface area contributed by atoms with E-state index >= 15 is 0 Å². The summed E-state index contributed by atoms with van der Waals surface area (Å²) in [7, 11) is -4.24. The molecule has 1 N–H and O–H groups in total. The molecule has 0 aliphatic heterocycles. The number of rotatable bonds is 6. The number of halogens is 1. The molecule has 0 radical (unpaired) electrons. The van der Waals surface area contributed by atoms with Crippen molar-refractivity contribution in [1.82, 2.24) is 4.90 Å². The number of nitrogens with zero attached hydrogens (tertiary/aromatic N) is 1. The summed E-state index contributed by atoms with van der Waals surface area (Å²) in [5, 5.41) is 8.82. The Hall–Kier alpha value is -1.96. The number of carboxylic acid groups (broad SMARTS) is 1. The molecule has 0 saturated carbocycles. The summed E-state index contributed by atoms with van der Waals surface area (Å²) < 4.78 is 37.8. The summed E-state index contributed by atoms with van der Waals surface area (Å²) in [4.78, 5) is 23.2. The van der Waals surface area contributed by atoms with Crippen molar-refractivity contribution >= 4 is 21.7 Å². The van der Waals surface area contributed by atoms with Gasteiger partial charge in [-0.1, -0.05) is 0 Å². The van der Waals surface area contributed by atoms with Crippen molar-refractivity contribution in [3.8, 4) is 0 Å². The average molecular weight is 317 g/mol. The molecule has 8 heteroatoms. The second-order valence-electron chi connectivity index (χ2n) is 4.28. The van der Waals surface area contributed by atoms with E-state index in [1.54, 1.807) is 13.8 Å². The topological polar surface area (TPSA) is 91.8 Å². The predicted molar refractivity (Wildman–Crippen MR) is 73.3 cm³/mol. The van der Waals surface area contributed by atoms with Crippen LogP contribution in [0.15, 0.2) is 23.1 Å². The fraction of sp³-hybridized carbons (Fsp3) is 0.385. The van der Waals surface area contributed by atoms with E-state index in [-0.39, 0.29) is 5.56 Å². The van der Waals surface area contributed by atoms with Crippen LogP contribution in [0.2, 0.25) is 0 Å². The Morgan fingerprint density at radius 1 is 1.24 bits per heavy atom. The van der Waals surface area contributed by atoms with Gasteiger partial charge in [-0.05, 0) is 32.0 Å². The summed E-state index contributed by atoms with van der Waals surface area (Å²) in [6.45, 7) is 4.06. The van der Waals surface area contributed by atoms with Crippen molar-refractivity contribution < 1.29 is 27.5 Å². The highest BCUT2D eigenvalue weighted by Crippen LogP contribution is 2.18. The summed E-state index contributed by atoms with van der Waals surface area (Å²) >= 11 is 0. The van der Waals surface area contributed by atoms with E-state index in [4.69, 9.17) is 5.11 Å². The van der Waals surface area contributed by atoms with E-state index in [1.807, 2.05) is 0 Å². The minimum Gasteiger partial charge on any atom is -0.478 e. The highest BCUT2D eigenvalue weighted by Gasteiger charge is 2.26. The molecule has 21 heavy (non-hydrogen) atoms.